The van der Waals surface area contributed by atoms with E-state index in [4.69, 9.17) is 32.7 Å². The minimum absolute atomic E-state index is 0.221. The maximum absolute atomic E-state index is 13.5. The van der Waals surface area contributed by atoms with Gasteiger partial charge in [-0.05, 0) is 69.0 Å². The third-order valence-corrected chi connectivity index (χ3v) is 5.85. The van der Waals surface area contributed by atoms with Gasteiger partial charge in [0.05, 0.1) is 5.57 Å². The van der Waals surface area contributed by atoms with Gasteiger partial charge in [-0.2, -0.15) is 0 Å². The molecule has 1 heterocycles. The van der Waals surface area contributed by atoms with E-state index in [2.05, 4.69) is 0 Å². The average Bonchev–Trinajstić information content (AvgIpc) is 2.65. The Hall–Kier alpha value is -2.14. The normalized spacial score (nSPS) is 17.6. The van der Waals surface area contributed by atoms with Crippen molar-refractivity contribution in [2.75, 3.05) is 0 Å². The van der Waals surface area contributed by atoms with E-state index in [9.17, 15) is 9.59 Å². The number of aryl methyl sites for hydroxylation is 1. The van der Waals surface area contributed by atoms with Gasteiger partial charge in [0, 0.05) is 22.5 Å². The zero-order chi connectivity index (χ0) is 23.1. The van der Waals surface area contributed by atoms with Crippen molar-refractivity contribution >= 4 is 40.5 Å². The molecule has 2 aromatic rings. The summed E-state index contributed by atoms with van der Waals surface area (Å²) in [6, 6.07) is 11.1. The number of carbonyl (C=O) groups excluding carboxylic acids is 2. The van der Waals surface area contributed by atoms with Crippen LogP contribution in [-0.2, 0) is 25.5 Å². The Balaban J connectivity index is 2.34. The van der Waals surface area contributed by atoms with Crippen LogP contribution in [0.25, 0.3) is 16.7 Å². The van der Waals surface area contributed by atoms with Crippen LogP contribution in [0.4, 0.5) is 0 Å². The molecule has 0 amide bonds. The van der Waals surface area contributed by atoms with Crippen molar-refractivity contribution < 1.29 is 19.1 Å². The minimum Gasteiger partial charge on any atom is -0.427 e. The van der Waals surface area contributed by atoms with Crippen LogP contribution < -0.4 is 0 Å². The first-order valence-electron chi connectivity index (χ1n) is 10.1. The number of esters is 1. The number of ketones is 1. The fraction of sp³-hybridized carbons (Fsp3) is 0.360. The second-order valence-electron chi connectivity index (χ2n) is 8.60. The Labute approximate surface area is 193 Å². The third kappa shape index (κ3) is 4.57. The number of hydrogen-bond donors (Lipinski definition) is 0. The fourth-order valence-corrected chi connectivity index (χ4v) is 4.52. The number of hydrogen-bond acceptors (Lipinski definition) is 4. The Kier molecular flexibility index (Phi) is 6.39. The summed E-state index contributed by atoms with van der Waals surface area (Å²) >= 11 is 12.5. The topological polar surface area (TPSA) is 52.6 Å². The molecule has 0 aliphatic carbocycles. The van der Waals surface area contributed by atoms with Gasteiger partial charge >= 0.3 is 5.97 Å². The summed E-state index contributed by atoms with van der Waals surface area (Å²) in [7, 11) is 0. The van der Waals surface area contributed by atoms with E-state index < -0.39 is 17.2 Å². The molecular formula is C25H26Cl2O4. The van der Waals surface area contributed by atoms with Crippen molar-refractivity contribution in [3.63, 3.8) is 0 Å². The molecule has 0 aromatic heterocycles. The highest BCUT2D eigenvalue weighted by Gasteiger charge is 2.48. The van der Waals surface area contributed by atoms with Crippen LogP contribution in [0.2, 0.25) is 10.0 Å². The Morgan fingerprint density at radius 3 is 2.26 bits per heavy atom. The van der Waals surface area contributed by atoms with E-state index >= 15 is 0 Å². The quantitative estimate of drug-likeness (QED) is 0.478. The molecule has 164 valence electrons. The number of halogens is 2. The van der Waals surface area contributed by atoms with Crippen LogP contribution >= 0.6 is 23.2 Å². The van der Waals surface area contributed by atoms with Crippen molar-refractivity contribution in [3.05, 3.63) is 63.3 Å². The molecule has 0 fully saturated rings. The molecule has 1 aliphatic heterocycles. The van der Waals surface area contributed by atoms with Gasteiger partial charge in [-0.3, -0.25) is 9.59 Å². The molecule has 3 rings (SSSR count). The number of benzene rings is 2. The zero-order valence-corrected chi connectivity index (χ0v) is 20.1. The Morgan fingerprint density at radius 2 is 1.68 bits per heavy atom. The predicted molar refractivity (Wildman–Crippen MR) is 124 cm³/mol. The highest BCUT2D eigenvalue weighted by atomic mass is 35.5. The molecule has 2 aromatic carbocycles. The molecule has 0 atom stereocenters. The lowest BCUT2D eigenvalue weighted by Crippen LogP contribution is -2.50. The van der Waals surface area contributed by atoms with E-state index in [1.54, 1.807) is 39.8 Å². The monoisotopic (exact) mass is 460 g/mol. The number of carbonyl (C=O) groups is 2. The first-order chi connectivity index (χ1) is 14.4. The number of rotatable bonds is 4. The Bertz CT molecular complexity index is 1100. The van der Waals surface area contributed by atoms with Gasteiger partial charge < -0.3 is 9.47 Å². The summed E-state index contributed by atoms with van der Waals surface area (Å²) in [5.74, 6) is -0.526. The Morgan fingerprint density at radius 1 is 1.00 bits per heavy atom. The lowest BCUT2D eigenvalue weighted by atomic mass is 9.80. The largest absolute Gasteiger partial charge is 0.427 e. The van der Waals surface area contributed by atoms with Crippen LogP contribution in [0.1, 0.15) is 52.7 Å². The lowest BCUT2D eigenvalue weighted by Gasteiger charge is -2.42. The second kappa shape index (κ2) is 8.42. The van der Waals surface area contributed by atoms with E-state index in [1.165, 1.54) is 6.92 Å². The van der Waals surface area contributed by atoms with Crippen molar-refractivity contribution in [3.8, 4) is 11.1 Å². The third-order valence-electron chi connectivity index (χ3n) is 5.31. The summed E-state index contributed by atoms with van der Waals surface area (Å²) in [5, 5.41) is 1.05. The molecular weight excluding hydrogens is 435 g/mol. The van der Waals surface area contributed by atoms with Crippen molar-refractivity contribution in [1.82, 2.24) is 0 Å². The second-order valence-corrected chi connectivity index (χ2v) is 9.44. The summed E-state index contributed by atoms with van der Waals surface area (Å²) in [6.45, 7) is 10.4. The van der Waals surface area contributed by atoms with E-state index in [1.807, 2.05) is 31.2 Å². The van der Waals surface area contributed by atoms with E-state index in [0.717, 1.165) is 16.7 Å². The van der Waals surface area contributed by atoms with Crippen LogP contribution in [0.5, 0.6) is 0 Å². The number of Topliss-reactive ketones (excluding diaryl/α,β-unsaturated/α-hetero) is 1. The highest BCUT2D eigenvalue weighted by Crippen LogP contribution is 2.43. The zero-order valence-electron chi connectivity index (χ0n) is 18.6. The van der Waals surface area contributed by atoms with Crippen molar-refractivity contribution in [2.24, 2.45) is 0 Å². The van der Waals surface area contributed by atoms with Crippen molar-refractivity contribution in [1.29, 1.82) is 0 Å². The summed E-state index contributed by atoms with van der Waals surface area (Å²) in [6.07, 6.45) is 0.690. The van der Waals surface area contributed by atoms with Gasteiger partial charge in [-0.15, -0.1) is 0 Å². The van der Waals surface area contributed by atoms with E-state index in [-0.39, 0.29) is 11.5 Å². The molecule has 31 heavy (non-hydrogen) atoms. The molecule has 4 nitrogen and oxygen atoms in total. The maximum atomic E-state index is 13.5. The molecule has 0 saturated heterocycles. The summed E-state index contributed by atoms with van der Waals surface area (Å²) in [4.78, 5) is 25.4. The minimum atomic E-state index is -1.08. The maximum Gasteiger partial charge on any atom is 0.307 e. The molecule has 0 N–H and O–H groups in total. The average molecular weight is 461 g/mol. The van der Waals surface area contributed by atoms with E-state index in [0.29, 0.717) is 27.6 Å². The molecule has 0 radical (unpaired) electrons. The molecule has 0 unspecified atom stereocenters. The smallest absolute Gasteiger partial charge is 0.307 e. The predicted octanol–water partition coefficient (Wildman–Crippen LogP) is 6.65. The van der Waals surface area contributed by atoms with Crippen molar-refractivity contribution in [2.45, 2.75) is 59.2 Å². The van der Waals surface area contributed by atoms with Gasteiger partial charge in [0.1, 0.15) is 11.2 Å². The fourth-order valence-electron chi connectivity index (χ4n) is 4.01. The van der Waals surface area contributed by atoms with Crippen LogP contribution in [0, 0.1) is 0 Å². The van der Waals surface area contributed by atoms with Gasteiger partial charge in [0.15, 0.2) is 11.5 Å². The standard InChI is InChI=1S/C25H26Cl2O4/c1-7-15-8-9-16(18-11-10-17(26)13-20(18)27)12-19(15)21-22(29)24(3,4)31-25(5,6)23(21)30-14(2)28/h8-13H,7H2,1-6H3. The van der Waals surface area contributed by atoms with Crippen LogP contribution in [0.15, 0.2) is 42.2 Å². The molecule has 6 heteroatoms. The van der Waals surface area contributed by atoms with Gasteiger partial charge in [-0.25, -0.2) is 0 Å². The van der Waals surface area contributed by atoms with Gasteiger partial charge in [-0.1, -0.05) is 48.3 Å². The summed E-state index contributed by atoms with van der Waals surface area (Å²) < 4.78 is 11.6. The number of ether oxygens (including phenoxy) is 2. The lowest BCUT2D eigenvalue weighted by molar-refractivity contribution is -0.165. The van der Waals surface area contributed by atoms with Crippen LogP contribution in [-0.4, -0.2) is 23.0 Å². The molecule has 1 aliphatic rings. The first kappa shape index (κ1) is 23.5. The molecule has 0 spiro atoms. The van der Waals surface area contributed by atoms with Gasteiger partial charge in [0.25, 0.3) is 0 Å². The summed E-state index contributed by atoms with van der Waals surface area (Å²) in [5.41, 5.74) is 1.59. The highest BCUT2D eigenvalue weighted by molar-refractivity contribution is 6.36. The van der Waals surface area contributed by atoms with Gasteiger partial charge in [0.2, 0.25) is 0 Å². The first-order valence-corrected chi connectivity index (χ1v) is 10.9. The SMILES string of the molecule is CCc1ccc(-c2ccc(Cl)cc2Cl)cc1C1=C(OC(C)=O)C(C)(C)OC(C)(C)C1=O. The molecule has 0 saturated carbocycles. The molecule has 0 bridgehead atoms. The van der Waals surface area contributed by atoms with Crippen LogP contribution in [0.3, 0.4) is 0 Å².